The number of methoxy groups -OCH3 is 1. The van der Waals surface area contributed by atoms with Crippen LogP contribution in [0.25, 0.3) is 0 Å². The summed E-state index contributed by atoms with van der Waals surface area (Å²) in [5, 5.41) is 9.58. The highest BCUT2D eigenvalue weighted by molar-refractivity contribution is 5.97. The average Bonchev–Trinajstić information content (AvgIpc) is 3.28. The molecule has 0 aromatic carbocycles. The van der Waals surface area contributed by atoms with Crippen LogP contribution in [0.2, 0.25) is 0 Å². The van der Waals surface area contributed by atoms with Crippen LogP contribution in [0.5, 0.6) is 5.88 Å². The minimum atomic E-state index is 0.288. The summed E-state index contributed by atoms with van der Waals surface area (Å²) in [6, 6.07) is 7.46. The molecule has 0 atom stereocenters. The highest BCUT2D eigenvalue weighted by Crippen LogP contribution is 2.22. The fraction of sp³-hybridized carbons (Fsp3) is 0.286. The third kappa shape index (κ3) is 4.84. The van der Waals surface area contributed by atoms with E-state index < -0.39 is 0 Å². The van der Waals surface area contributed by atoms with Gasteiger partial charge in [-0.3, -0.25) is 0 Å². The highest BCUT2D eigenvalue weighted by atomic mass is 16.5. The Kier molecular flexibility index (Phi) is 6.33. The van der Waals surface area contributed by atoms with Crippen molar-refractivity contribution in [2.24, 2.45) is 15.8 Å². The van der Waals surface area contributed by atoms with E-state index >= 15 is 0 Å². The standard InChI is InChI=1S/C21H26N6O2/c1-5-14(2)17-11-19(23-12-16-8-9-20(28-4)24-13-16)25-21(22)27(17)26-15(3)18-7-6-10-29-18/h6-11,13,23H,5,12H2,1-4H3,(H2,22,25)/b17-14+,26-15+. The second-order valence-electron chi connectivity index (χ2n) is 6.56. The van der Waals surface area contributed by atoms with Gasteiger partial charge < -0.3 is 20.2 Å². The number of guanidine groups is 1. The van der Waals surface area contributed by atoms with E-state index in [2.05, 4.69) is 34.2 Å². The largest absolute Gasteiger partial charge is 0.481 e. The molecule has 3 N–H and O–H groups in total. The van der Waals surface area contributed by atoms with Gasteiger partial charge in [0.1, 0.15) is 17.3 Å². The van der Waals surface area contributed by atoms with Crippen molar-refractivity contribution in [3.8, 4) is 5.88 Å². The third-order valence-electron chi connectivity index (χ3n) is 4.53. The van der Waals surface area contributed by atoms with Crippen molar-refractivity contribution >= 4 is 11.7 Å². The first-order chi connectivity index (χ1) is 14.0. The lowest BCUT2D eigenvalue weighted by atomic mass is 10.1. The van der Waals surface area contributed by atoms with E-state index in [0.29, 0.717) is 29.7 Å². The van der Waals surface area contributed by atoms with Crippen molar-refractivity contribution < 1.29 is 9.15 Å². The molecule has 0 saturated carbocycles. The molecular weight excluding hydrogens is 368 g/mol. The second-order valence-corrected chi connectivity index (χ2v) is 6.56. The van der Waals surface area contributed by atoms with Gasteiger partial charge in [0, 0.05) is 24.9 Å². The lowest BCUT2D eigenvalue weighted by Gasteiger charge is -2.26. The molecule has 29 heavy (non-hydrogen) atoms. The summed E-state index contributed by atoms with van der Waals surface area (Å²) < 4.78 is 10.5. The zero-order valence-corrected chi connectivity index (χ0v) is 17.1. The minimum Gasteiger partial charge on any atom is -0.481 e. The lowest BCUT2D eigenvalue weighted by molar-refractivity contribution is 0.397. The van der Waals surface area contributed by atoms with Gasteiger partial charge in [-0.05, 0) is 43.5 Å². The summed E-state index contributed by atoms with van der Waals surface area (Å²) in [7, 11) is 1.59. The maximum Gasteiger partial charge on any atom is 0.223 e. The van der Waals surface area contributed by atoms with Crippen LogP contribution in [0.15, 0.2) is 74.4 Å². The summed E-state index contributed by atoms with van der Waals surface area (Å²) >= 11 is 0. The van der Waals surface area contributed by atoms with Crippen molar-refractivity contribution in [3.05, 3.63) is 71.2 Å². The maximum absolute atomic E-state index is 6.26. The quantitative estimate of drug-likeness (QED) is 0.699. The van der Waals surface area contributed by atoms with Gasteiger partial charge in [-0.25, -0.2) is 9.99 Å². The second kappa shape index (κ2) is 9.09. The van der Waals surface area contributed by atoms with E-state index in [4.69, 9.17) is 14.9 Å². The van der Waals surface area contributed by atoms with Crippen LogP contribution in [0, 0.1) is 0 Å². The summed E-state index contributed by atoms with van der Waals surface area (Å²) in [6.07, 6.45) is 6.19. The van der Waals surface area contributed by atoms with Crippen LogP contribution < -0.4 is 15.8 Å². The van der Waals surface area contributed by atoms with Crippen LogP contribution >= 0.6 is 0 Å². The Morgan fingerprint density at radius 2 is 2.14 bits per heavy atom. The first-order valence-electron chi connectivity index (χ1n) is 9.39. The fourth-order valence-electron chi connectivity index (χ4n) is 2.71. The van der Waals surface area contributed by atoms with Crippen molar-refractivity contribution in [1.82, 2.24) is 15.3 Å². The molecule has 3 rings (SSSR count). The molecule has 0 aliphatic carbocycles. The summed E-state index contributed by atoms with van der Waals surface area (Å²) in [6.45, 7) is 6.58. The van der Waals surface area contributed by atoms with Crippen molar-refractivity contribution in [1.29, 1.82) is 0 Å². The number of hydrogen-bond donors (Lipinski definition) is 2. The van der Waals surface area contributed by atoms with E-state index in [1.165, 1.54) is 0 Å². The van der Waals surface area contributed by atoms with Crippen molar-refractivity contribution in [2.45, 2.75) is 33.7 Å². The molecule has 8 nitrogen and oxygen atoms in total. The fourth-order valence-corrected chi connectivity index (χ4v) is 2.71. The third-order valence-corrected chi connectivity index (χ3v) is 4.53. The van der Waals surface area contributed by atoms with Gasteiger partial charge in [0.2, 0.25) is 11.8 Å². The Labute approximate surface area is 170 Å². The van der Waals surface area contributed by atoms with Gasteiger partial charge in [0.05, 0.1) is 19.1 Å². The Balaban J connectivity index is 1.82. The molecule has 0 amide bonds. The number of furan rings is 1. The Morgan fingerprint density at radius 3 is 2.76 bits per heavy atom. The van der Waals surface area contributed by atoms with E-state index in [0.717, 1.165) is 23.3 Å². The Hall–Kier alpha value is -3.55. The van der Waals surface area contributed by atoms with Crippen molar-refractivity contribution in [2.75, 3.05) is 7.11 Å². The van der Waals surface area contributed by atoms with Crippen molar-refractivity contribution in [3.63, 3.8) is 0 Å². The molecule has 3 heterocycles. The predicted molar refractivity (Wildman–Crippen MR) is 113 cm³/mol. The van der Waals surface area contributed by atoms with E-state index in [-0.39, 0.29) is 5.96 Å². The zero-order chi connectivity index (χ0) is 20.8. The molecule has 0 bridgehead atoms. The number of hydrazone groups is 1. The predicted octanol–water partition coefficient (Wildman–Crippen LogP) is 3.35. The van der Waals surface area contributed by atoms with Crippen LogP contribution in [-0.4, -0.2) is 28.8 Å². The van der Waals surface area contributed by atoms with Gasteiger partial charge >= 0.3 is 0 Å². The topological polar surface area (TPSA) is 101 Å². The Morgan fingerprint density at radius 1 is 1.31 bits per heavy atom. The number of allylic oxidation sites excluding steroid dienone is 2. The molecule has 2 aromatic rings. The zero-order valence-electron chi connectivity index (χ0n) is 17.1. The molecular formula is C21H26N6O2. The number of pyridine rings is 1. The molecule has 2 aromatic heterocycles. The molecule has 1 aliphatic rings. The minimum absolute atomic E-state index is 0.288. The normalized spacial score (nSPS) is 16.3. The summed E-state index contributed by atoms with van der Waals surface area (Å²) in [5.74, 6) is 2.23. The molecule has 0 fully saturated rings. The number of nitrogens with zero attached hydrogens (tertiary/aromatic N) is 4. The SMILES string of the molecule is CC/C(C)=C1\C=C(NCc2ccc(OC)nc2)N=C(N)N1/N=C(\C)c1ccco1. The van der Waals surface area contributed by atoms with E-state index in [1.807, 2.05) is 37.3 Å². The van der Waals surface area contributed by atoms with Crippen LogP contribution in [0.1, 0.15) is 38.5 Å². The molecule has 0 spiro atoms. The summed E-state index contributed by atoms with van der Waals surface area (Å²) in [4.78, 5) is 8.68. The van der Waals surface area contributed by atoms with Gasteiger partial charge in [0.15, 0.2) is 0 Å². The van der Waals surface area contributed by atoms with Gasteiger partial charge in [-0.2, -0.15) is 10.1 Å². The van der Waals surface area contributed by atoms with Crippen LogP contribution in [0.4, 0.5) is 0 Å². The smallest absolute Gasteiger partial charge is 0.223 e. The first-order valence-corrected chi connectivity index (χ1v) is 9.39. The lowest BCUT2D eigenvalue weighted by Crippen LogP contribution is -2.37. The van der Waals surface area contributed by atoms with Gasteiger partial charge in [-0.15, -0.1) is 0 Å². The van der Waals surface area contributed by atoms with Crippen LogP contribution in [0.3, 0.4) is 0 Å². The van der Waals surface area contributed by atoms with Gasteiger partial charge in [0.25, 0.3) is 0 Å². The molecule has 8 heteroatoms. The maximum atomic E-state index is 6.26. The molecule has 0 unspecified atom stereocenters. The van der Waals surface area contributed by atoms with E-state index in [9.17, 15) is 0 Å². The Bertz CT molecular complexity index is 956. The number of ether oxygens (including phenoxy) is 1. The number of rotatable bonds is 7. The number of aliphatic imine (C=N–C) groups is 1. The monoisotopic (exact) mass is 394 g/mol. The molecule has 0 radical (unpaired) electrons. The van der Waals surface area contributed by atoms with Crippen LogP contribution in [-0.2, 0) is 6.54 Å². The number of nitrogens with one attached hydrogen (secondary N) is 1. The highest BCUT2D eigenvalue weighted by Gasteiger charge is 2.20. The average molecular weight is 394 g/mol. The molecule has 1 aliphatic heterocycles. The summed E-state index contributed by atoms with van der Waals surface area (Å²) in [5.41, 5.74) is 10.0. The first kappa shape index (κ1) is 20.2. The number of aromatic nitrogens is 1. The molecule has 152 valence electrons. The van der Waals surface area contributed by atoms with E-state index in [1.54, 1.807) is 24.6 Å². The van der Waals surface area contributed by atoms with Gasteiger partial charge in [-0.1, -0.05) is 13.0 Å². The molecule has 0 saturated heterocycles. The number of nitrogens with two attached hydrogens (primary N) is 1. The number of hydrogen-bond acceptors (Lipinski definition) is 8.